The Kier molecular flexibility index (Phi) is 5.05. The van der Waals surface area contributed by atoms with Crippen LogP contribution in [0, 0.1) is 0 Å². The molecule has 0 bridgehead atoms. The first-order valence-corrected chi connectivity index (χ1v) is 7.10. The number of anilines is 2. The molecule has 1 aromatic heterocycles. The van der Waals surface area contributed by atoms with E-state index in [1.807, 2.05) is 6.07 Å². The predicted octanol–water partition coefficient (Wildman–Crippen LogP) is 2.98. The van der Waals surface area contributed by atoms with E-state index in [0.29, 0.717) is 11.5 Å². The first-order chi connectivity index (χ1) is 10.0. The van der Waals surface area contributed by atoms with Gasteiger partial charge in [0.2, 0.25) is 11.8 Å². The molecule has 0 saturated carbocycles. The van der Waals surface area contributed by atoms with E-state index in [0.717, 1.165) is 10.0 Å². The monoisotopic (exact) mass is 347 g/mol. The largest absolute Gasteiger partial charge is 0.326 e. The lowest BCUT2D eigenvalue weighted by Gasteiger charge is -2.06. The van der Waals surface area contributed by atoms with E-state index in [-0.39, 0.29) is 18.2 Å². The SMILES string of the molecule is CC(=O)Nc1ccc(CC(=O)Nc2ccc(Br)cn2)cc1. The van der Waals surface area contributed by atoms with E-state index in [9.17, 15) is 9.59 Å². The van der Waals surface area contributed by atoms with Crippen molar-refractivity contribution in [1.29, 1.82) is 0 Å². The third-order valence-electron chi connectivity index (χ3n) is 2.63. The van der Waals surface area contributed by atoms with Crippen molar-refractivity contribution in [2.24, 2.45) is 0 Å². The van der Waals surface area contributed by atoms with Gasteiger partial charge in [-0.3, -0.25) is 9.59 Å². The second kappa shape index (κ2) is 6.99. The fourth-order valence-corrected chi connectivity index (χ4v) is 1.97. The highest BCUT2D eigenvalue weighted by atomic mass is 79.9. The molecule has 0 saturated heterocycles. The molecule has 2 aromatic rings. The summed E-state index contributed by atoms with van der Waals surface area (Å²) >= 11 is 3.28. The standard InChI is InChI=1S/C15H14BrN3O2/c1-10(20)18-13-5-2-11(3-6-13)8-15(21)19-14-7-4-12(16)9-17-14/h2-7,9H,8H2,1H3,(H,18,20)(H,17,19,21). The van der Waals surface area contributed by atoms with Gasteiger partial charge in [0.25, 0.3) is 0 Å². The van der Waals surface area contributed by atoms with Gasteiger partial charge < -0.3 is 10.6 Å². The van der Waals surface area contributed by atoms with E-state index in [2.05, 4.69) is 31.5 Å². The maximum absolute atomic E-state index is 11.9. The number of nitrogens with one attached hydrogen (secondary N) is 2. The molecule has 5 nitrogen and oxygen atoms in total. The van der Waals surface area contributed by atoms with Crippen LogP contribution in [0.5, 0.6) is 0 Å². The summed E-state index contributed by atoms with van der Waals surface area (Å²) in [6, 6.07) is 10.7. The molecular weight excluding hydrogens is 334 g/mol. The van der Waals surface area contributed by atoms with Gasteiger partial charge in [0.05, 0.1) is 6.42 Å². The average molecular weight is 348 g/mol. The zero-order valence-corrected chi connectivity index (χ0v) is 13.0. The highest BCUT2D eigenvalue weighted by Gasteiger charge is 2.05. The summed E-state index contributed by atoms with van der Waals surface area (Å²) in [4.78, 5) is 26.9. The highest BCUT2D eigenvalue weighted by Crippen LogP contribution is 2.12. The van der Waals surface area contributed by atoms with E-state index in [1.165, 1.54) is 6.92 Å². The van der Waals surface area contributed by atoms with Crippen molar-refractivity contribution in [1.82, 2.24) is 4.98 Å². The summed E-state index contributed by atoms with van der Waals surface area (Å²) in [6.07, 6.45) is 1.87. The quantitative estimate of drug-likeness (QED) is 0.892. The number of halogens is 1. The number of carbonyl (C=O) groups excluding carboxylic acids is 2. The molecular formula is C15H14BrN3O2. The normalized spacial score (nSPS) is 10.0. The first-order valence-electron chi connectivity index (χ1n) is 6.31. The van der Waals surface area contributed by atoms with E-state index >= 15 is 0 Å². The fraction of sp³-hybridized carbons (Fsp3) is 0.133. The van der Waals surface area contributed by atoms with Gasteiger partial charge in [-0.25, -0.2) is 4.98 Å². The number of carbonyl (C=O) groups is 2. The highest BCUT2D eigenvalue weighted by molar-refractivity contribution is 9.10. The van der Waals surface area contributed by atoms with Crippen LogP contribution in [-0.4, -0.2) is 16.8 Å². The molecule has 21 heavy (non-hydrogen) atoms. The summed E-state index contributed by atoms with van der Waals surface area (Å²) in [5.74, 6) is 0.247. The van der Waals surface area contributed by atoms with Gasteiger partial charge >= 0.3 is 0 Å². The maximum atomic E-state index is 11.9. The zero-order valence-electron chi connectivity index (χ0n) is 11.4. The van der Waals surface area contributed by atoms with Crippen molar-refractivity contribution in [3.05, 3.63) is 52.6 Å². The van der Waals surface area contributed by atoms with Gasteiger partial charge in [-0.15, -0.1) is 0 Å². The molecule has 0 spiro atoms. The Morgan fingerprint density at radius 1 is 1.10 bits per heavy atom. The molecule has 1 heterocycles. The van der Waals surface area contributed by atoms with Gasteiger partial charge in [-0.05, 0) is 45.8 Å². The van der Waals surface area contributed by atoms with Crippen molar-refractivity contribution in [3.8, 4) is 0 Å². The number of pyridine rings is 1. The Balaban J connectivity index is 1.93. The maximum Gasteiger partial charge on any atom is 0.229 e. The molecule has 0 radical (unpaired) electrons. The molecule has 1 aromatic carbocycles. The zero-order chi connectivity index (χ0) is 15.2. The molecule has 0 aliphatic carbocycles. The Bertz CT molecular complexity index is 639. The van der Waals surface area contributed by atoms with E-state index in [4.69, 9.17) is 0 Å². The van der Waals surface area contributed by atoms with Crippen LogP contribution in [0.4, 0.5) is 11.5 Å². The first kappa shape index (κ1) is 15.2. The van der Waals surface area contributed by atoms with Crippen LogP contribution in [0.15, 0.2) is 47.1 Å². The lowest BCUT2D eigenvalue weighted by atomic mass is 10.1. The molecule has 2 N–H and O–H groups in total. The lowest BCUT2D eigenvalue weighted by molar-refractivity contribution is -0.116. The number of aromatic nitrogens is 1. The summed E-state index contributed by atoms with van der Waals surface area (Å²) in [6.45, 7) is 1.45. The number of benzene rings is 1. The summed E-state index contributed by atoms with van der Waals surface area (Å²) in [5.41, 5.74) is 1.57. The van der Waals surface area contributed by atoms with Crippen LogP contribution < -0.4 is 10.6 Å². The van der Waals surface area contributed by atoms with Crippen LogP contribution >= 0.6 is 15.9 Å². The topological polar surface area (TPSA) is 71.1 Å². The van der Waals surface area contributed by atoms with E-state index in [1.54, 1.807) is 36.5 Å². The van der Waals surface area contributed by atoms with Crippen molar-refractivity contribution in [3.63, 3.8) is 0 Å². The molecule has 0 aliphatic heterocycles. The molecule has 2 amide bonds. The minimum Gasteiger partial charge on any atom is -0.326 e. The number of rotatable bonds is 4. The smallest absolute Gasteiger partial charge is 0.229 e. The van der Waals surface area contributed by atoms with Crippen LogP contribution in [0.25, 0.3) is 0 Å². The third-order valence-corrected chi connectivity index (χ3v) is 3.10. The Morgan fingerprint density at radius 2 is 1.81 bits per heavy atom. The molecule has 2 rings (SSSR count). The number of hydrogen-bond donors (Lipinski definition) is 2. The van der Waals surface area contributed by atoms with Gasteiger partial charge in [0.15, 0.2) is 0 Å². The number of nitrogens with zero attached hydrogens (tertiary/aromatic N) is 1. The fourth-order valence-electron chi connectivity index (χ4n) is 1.73. The van der Waals surface area contributed by atoms with Crippen LogP contribution in [0.2, 0.25) is 0 Å². The van der Waals surface area contributed by atoms with Gasteiger partial charge in [-0.1, -0.05) is 12.1 Å². The predicted molar refractivity (Wildman–Crippen MR) is 85.0 cm³/mol. The molecule has 108 valence electrons. The van der Waals surface area contributed by atoms with E-state index < -0.39 is 0 Å². The number of hydrogen-bond acceptors (Lipinski definition) is 3. The van der Waals surface area contributed by atoms with Crippen LogP contribution in [0.3, 0.4) is 0 Å². The van der Waals surface area contributed by atoms with Crippen molar-refractivity contribution < 1.29 is 9.59 Å². The average Bonchev–Trinajstić information content (AvgIpc) is 2.43. The molecule has 0 aliphatic rings. The van der Waals surface area contributed by atoms with Crippen LogP contribution in [-0.2, 0) is 16.0 Å². The molecule has 0 atom stereocenters. The second-order valence-corrected chi connectivity index (χ2v) is 5.38. The summed E-state index contributed by atoms with van der Waals surface area (Å²) < 4.78 is 0.856. The Hall–Kier alpha value is -2.21. The van der Waals surface area contributed by atoms with Crippen molar-refractivity contribution in [2.75, 3.05) is 10.6 Å². The van der Waals surface area contributed by atoms with Gasteiger partial charge in [0.1, 0.15) is 5.82 Å². The van der Waals surface area contributed by atoms with Crippen molar-refractivity contribution >= 4 is 39.2 Å². The third kappa shape index (κ3) is 5.00. The Morgan fingerprint density at radius 3 is 2.38 bits per heavy atom. The van der Waals surface area contributed by atoms with Crippen molar-refractivity contribution in [2.45, 2.75) is 13.3 Å². The molecule has 0 fully saturated rings. The second-order valence-electron chi connectivity index (χ2n) is 4.46. The molecule has 0 unspecified atom stereocenters. The number of amides is 2. The molecule has 6 heteroatoms. The summed E-state index contributed by atoms with van der Waals surface area (Å²) in [5, 5.41) is 5.40. The lowest BCUT2D eigenvalue weighted by Crippen LogP contribution is -2.15. The Labute approximate surface area is 130 Å². The van der Waals surface area contributed by atoms with Gasteiger partial charge in [0, 0.05) is 23.3 Å². The summed E-state index contributed by atoms with van der Waals surface area (Å²) in [7, 11) is 0. The minimum atomic E-state index is -0.142. The minimum absolute atomic E-state index is 0.123. The van der Waals surface area contributed by atoms with Gasteiger partial charge in [-0.2, -0.15) is 0 Å². The van der Waals surface area contributed by atoms with Crippen LogP contribution in [0.1, 0.15) is 12.5 Å².